The molecule has 1 saturated carbocycles. The molecule has 1 atom stereocenters. The second-order valence-electron chi connectivity index (χ2n) is 9.59. The lowest BCUT2D eigenvalue weighted by atomic mass is 9.89. The van der Waals surface area contributed by atoms with E-state index in [1.165, 1.54) is 50.0 Å². The van der Waals surface area contributed by atoms with E-state index in [1.54, 1.807) is 0 Å². The molecule has 1 aliphatic heterocycles. The van der Waals surface area contributed by atoms with Crippen molar-refractivity contribution in [2.75, 3.05) is 39.4 Å². The highest BCUT2D eigenvalue weighted by atomic mass is 16.5. The van der Waals surface area contributed by atoms with E-state index in [-0.39, 0.29) is 5.91 Å². The zero-order chi connectivity index (χ0) is 20.4. The van der Waals surface area contributed by atoms with Crippen LogP contribution in [0.2, 0.25) is 0 Å². The Morgan fingerprint density at radius 2 is 2.00 bits per heavy atom. The van der Waals surface area contributed by atoms with Gasteiger partial charge in [-0.3, -0.25) is 14.4 Å². The third-order valence-electron chi connectivity index (χ3n) is 6.58. The monoisotopic (exact) mass is 402 g/mol. The fourth-order valence-corrected chi connectivity index (χ4v) is 4.91. The Kier molecular flexibility index (Phi) is 6.60. The molecule has 6 heteroatoms. The van der Waals surface area contributed by atoms with Crippen molar-refractivity contribution < 1.29 is 9.53 Å². The standard InChI is InChI=1S/C23H38N4O2/c1-4-9-26(16-18-5-6-18)19-7-8-21-20(14-19)22(24-27(21)15-17(2)3)23(28)25-10-12-29-13-11-25/h17-19H,4-16H2,1-3H3. The molecule has 1 saturated heterocycles. The van der Waals surface area contributed by atoms with Gasteiger partial charge in [0, 0.05) is 43.5 Å². The maximum atomic E-state index is 13.3. The molecule has 1 aromatic rings. The molecule has 3 aliphatic rings. The van der Waals surface area contributed by atoms with Crippen molar-refractivity contribution in [3.8, 4) is 0 Å². The average molecular weight is 403 g/mol. The second-order valence-corrected chi connectivity index (χ2v) is 9.59. The molecule has 0 radical (unpaired) electrons. The second kappa shape index (κ2) is 9.17. The predicted molar refractivity (Wildman–Crippen MR) is 114 cm³/mol. The van der Waals surface area contributed by atoms with Crippen molar-refractivity contribution in [3.05, 3.63) is 17.0 Å². The number of hydrogen-bond donors (Lipinski definition) is 0. The number of nitrogens with zero attached hydrogens (tertiary/aromatic N) is 4. The number of hydrogen-bond acceptors (Lipinski definition) is 4. The van der Waals surface area contributed by atoms with Crippen LogP contribution < -0.4 is 0 Å². The smallest absolute Gasteiger partial charge is 0.274 e. The van der Waals surface area contributed by atoms with E-state index in [0.717, 1.165) is 31.0 Å². The highest BCUT2D eigenvalue weighted by molar-refractivity contribution is 5.94. The zero-order valence-corrected chi connectivity index (χ0v) is 18.5. The maximum Gasteiger partial charge on any atom is 0.274 e. The number of fused-ring (bicyclic) bond motifs is 1. The Bertz CT molecular complexity index is 704. The summed E-state index contributed by atoms with van der Waals surface area (Å²) in [4.78, 5) is 18.0. The molecule has 0 spiro atoms. The van der Waals surface area contributed by atoms with E-state index in [4.69, 9.17) is 9.84 Å². The summed E-state index contributed by atoms with van der Waals surface area (Å²) in [5, 5.41) is 4.89. The van der Waals surface area contributed by atoms with Gasteiger partial charge in [0.25, 0.3) is 5.91 Å². The first-order valence-electron chi connectivity index (χ1n) is 11.8. The first-order valence-corrected chi connectivity index (χ1v) is 11.8. The summed E-state index contributed by atoms with van der Waals surface area (Å²) >= 11 is 0. The Morgan fingerprint density at radius 1 is 1.24 bits per heavy atom. The zero-order valence-electron chi connectivity index (χ0n) is 18.5. The number of rotatable bonds is 8. The average Bonchev–Trinajstić information content (AvgIpc) is 3.48. The van der Waals surface area contributed by atoms with Crippen molar-refractivity contribution in [1.82, 2.24) is 19.6 Å². The van der Waals surface area contributed by atoms with Gasteiger partial charge in [0.2, 0.25) is 0 Å². The van der Waals surface area contributed by atoms with Crippen LogP contribution in [0.5, 0.6) is 0 Å². The Morgan fingerprint density at radius 3 is 2.66 bits per heavy atom. The van der Waals surface area contributed by atoms with E-state index in [9.17, 15) is 4.79 Å². The van der Waals surface area contributed by atoms with E-state index in [2.05, 4.69) is 30.4 Å². The van der Waals surface area contributed by atoms with Gasteiger partial charge < -0.3 is 9.64 Å². The molecule has 6 nitrogen and oxygen atoms in total. The molecule has 2 aliphatic carbocycles. The van der Waals surface area contributed by atoms with Crippen LogP contribution in [0.4, 0.5) is 0 Å². The topological polar surface area (TPSA) is 50.6 Å². The molecule has 29 heavy (non-hydrogen) atoms. The van der Waals surface area contributed by atoms with Gasteiger partial charge >= 0.3 is 0 Å². The first kappa shape index (κ1) is 20.9. The van der Waals surface area contributed by atoms with Crippen molar-refractivity contribution in [2.45, 2.75) is 71.9 Å². The third kappa shape index (κ3) is 4.85. The Labute approximate surface area is 175 Å². The van der Waals surface area contributed by atoms with Gasteiger partial charge in [-0.1, -0.05) is 20.8 Å². The van der Waals surface area contributed by atoms with Gasteiger partial charge in [0.1, 0.15) is 0 Å². The lowest BCUT2D eigenvalue weighted by Crippen LogP contribution is -2.43. The highest BCUT2D eigenvalue weighted by Gasteiger charge is 2.35. The molecule has 0 aromatic carbocycles. The fraction of sp³-hybridized carbons (Fsp3) is 0.826. The van der Waals surface area contributed by atoms with E-state index in [1.807, 2.05) is 4.90 Å². The van der Waals surface area contributed by atoms with Crippen LogP contribution >= 0.6 is 0 Å². The van der Waals surface area contributed by atoms with Gasteiger partial charge in [0.15, 0.2) is 5.69 Å². The molecule has 4 rings (SSSR count). The summed E-state index contributed by atoms with van der Waals surface area (Å²) in [6.45, 7) is 12.7. The molecule has 2 fully saturated rings. The summed E-state index contributed by atoms with van der Waals surface area (Å²) in [6, 6.07) is 0.552. The molecule has 1 unspecified atom stereocenters. The SMILES string of the molecule is CCCN(CC1CC1)C1CCc2c(c(C(=O)N3CCOCC3)nn2CC(C)C)C1. The van der Waals surface area contributed by atoms with Crippen LogP contribution in [0, 0.1) is 11.8 Å². The van der Waals surface area contributed by atoms with Gasteiger partial charge in [0.05, 0.1) is 13.2 Å². The first-order chi connectivity index (χ1) is 14.1. The maximum absolute atomic E-state index is 13.3. The van der Waals surface area contributed by atoms with Crippen molar-refractivity contribution >= 4 is 5.91 Å². The van der Waals surface area contributed by atoms with Gasteiger partial charge in [-0.15, -0.1) is 0 Å². The molecule has 1 aromatic heterocycles. The van der Waals surface area contributed by atoms with Gasteiger partial charge in [-0.2, -0.15) is 5.10 Å². The molecular formula is C23H38N4O2. The minimum atomic E-state index is 0.108. The largest absolute Gasteiger partial charge is 0.378 e. The van der Waals surface area contributed by atoms with Crippen LogP contribution in [-0.2, 0) is 24.1 Å². The van der Waals surface area contributed by atoms with E-state index in [0.29, 0.717) is 38.3 Å². The molecule has 1 amide bonds. The van der Waals surface area contributed by atoms with Crippen molar-refractivity contribution in [3.63, 3.8) is 0 Å². The molecular weight excluding hydrogens is 364 g/mol. The molecule has 0 bridgehead atoms. The summed E-state index contributed by atoms with van der Waals surface area (Å²) in [5.74, 6) is 1.53. The summed E-state index contributed by atoms with van der Waals surface area (Å²) in [5.41, 5.74) is 3.26. The summed E-state index contributed by atoms with van der Waals surface area (Å²) in [6.07, 6.45) is 7.19. The van der Waals surface area contributed by atoms with Gasteiger partial charge in [-0.25, -0.2) is 0 Å². The molecule has 162 valence electrons. The molecule has 2 heterocycles. The molecule has 0 N–H and O–H groups in total. The minimum absolute atomic E-state index is 0.108. The lowest BCUT2D eigenvalue weighted by Gasteiger charge is -2.35. The van der Waals surface area contributed by atoms with Crippen LogP contribution in [0.15, 0.2) is 0 Å². The number of carbonyl (C=O) groups excluding carboxylic acids is 1. The third-order valence-corrected chi connectivity index (χ3v) is 6.58. The number of ether oxygens (including phenoxy) is 1. The van der Waals surface area contributed by atoms with Crippen LogP contribution in [0.3, 0.4) is 0 Å². The summed E-state index contributed by atoms with van der Waals surface area (Å²) in [7, 11) is 0. The van der Waals surface area contributed by atoms with Crippen LogP contribution in [0.25, 0.3) is 0 Å². The normalized spacial score (nSPS) is 22.4. The fourth-order valence-electron chi connectivity index (χ4n) is 4.91. The minimum Gasteiger partial charge on any atom is -0.378 e. The predicted octanol–water partition coefficient (Wildman–Crippen LogP) is 2.99. The Hall–Kier alpha value is -1.40. The number of morpholine rings is 1. The Balaban J connectivity index is 1.59. The summed E-state index contributed by atoms with van der Waals surface area (Å²) < 4.78 is 7.60. The lowest BCUT2D eigenvalue weighted by molar-refractivity contribution is 0.0297. The van der Waals surface area contributed by atoms with Crippen molar-refractivity contribution in [2.24, 2.45) is 11.8 Å². The van der Waals surface area contributed by atoms with E-state index >= 15 is 0 Å². The van der Waals surface area contributed by atoms with E-state index < -0.39 is 0 Å². The number of aromatic nitrogens is 2. The van der Waals surface area contributed by atoms with Crippen LogP contribution in [-0.4, -0.2) is 70.9 Å². The quantitative estimate of drug-likeness (QED) is 0.671. The number of amides is 1. The number of carbonyl (C=O) groups is 1. The van der Waals surface area contributed by atoms with Crippen LogP contribution in [0.1, 0.15) is 68.2 Å². The van der Waals surface area contributed by atoms with Crippen molar-refractivity contribution in [1.29, 1.82) is 0 Å². The van der Waals surface area contributed by atoms with Gasteiger partial charge in [-0.05, 0) is 56.9 Å². The highest BCUT2D eigenvalue weighted by Crippen LogP contribution is 2.34.